The zero-order chi connectivity index (χ0) is 10.1. The van der Waals surface area contributed by atoms with Crippen LogP contribution in [0.5, 0.6) is 0 Å². The summed E-state index contributed by atoms with van der Waals surface area (Å²) in [5, 5.41) is 18.7. The van der Waals surface area contributed by atoms with Crippen LogP contribution in [-0.2, 0) is 14.3 Å². The van der Waals surface area contributed by atoms with E-state index in [-0.39, 0.29) is 12.2 Å². The summed E-state index contributed by atoms with van der Waals surface area (Å²) in [5.41, 5.74) is 0. The van der Waals surface area contributed by atoms with Gasteiger partial charge in [0.2, 0.25) is 0 Å². The molecule has 0 bridgehead atoms. The van der Waals surface area contributed by atoms with Gasteiger partial charge in [-0.15, -0.1) is 0 Å². The van der Waals surface area contributed by atoms with E-state index < -0.39 is 17.9 Å². The molecule has 1 aliphatic rings. The van der Waals surface area contributed by atoms with Gasteiger partial charge in [0.1, 0.15) is 0 Å². The first-order chi connectivity index (χ1) is 5.98. The van der Waals surface area contributed by atoms with Crippen LogP contribution < -0.4 is 0 Å². The molecule has 0 aromatic carbocycles. The average molecular weight is 188 g/mol. The van der Waals surface area contributed by atoms with Gasteiger partial charge in [-0.3, -0.25) is 0 Å². The highest BCUT2D eigenvalue weighted by Crippen LogP contribution is 2.30. The van der Waals surface area contributed by atoms with Gasteiger partial charge < -0.3 is 19.7 Å². The highest BCUT2D eigenvalue weighted by Gasteiger charge is 2.43. The Morgan fingerprint density at radius 2 is 2.38 bits per heavy atom. The van der Waals surface area contributed by atoms with Gasteiger partial charge in [0.05, 0.1) is 19.3 Å². The molecule has 0 aliphatic carbocycles. The van der Waals surface area contributed by atoms with E-state index in [0.29, 0.717) is 0 Å². The second-order valence-corrected chi connectivity index (χ2v) is 2.97. The molecule has 13 heavy (non-hydrogen) atoms. The lowest BCUT2D eigenvalue weighted by Gasteiger charge is -2.24. The number of carbonyl (C=O) groups is 1. The molecule has 0 radical (unpaired) electrons. The van der Waals surface area contributed by atoms with Gasteiger partial charge in [0.15, 0.2) is 5.76 Å². The maximum Gasteiger partial charge on any atom is 0.337 e. The number of hydrogen-bond donors (Lipinski definition) is 2. The fourth-order valence-electron chi connectivity index (χ4n) is 1.23. The molecular weight excluding hydrogens is 176 g/mol. The molecule has 1 aliphatic heterocycles. The highest BCUT2D eigenvalue weighted by molar-refractivity contribution is 5.85. The summed E-state index contributed by atoms with van der Waals surface area (Å²) in [5.74, 6) is -2.45. The van der Waals surface area contributed by atoms with E-state index in [4.69, 9.17) is 9.84 Å². The molecule has 2 atom stereocenters. The lowest BCUT2D eigenvalue weighted by atomic mass is 10.1. The molecule has 2 unspecified atom stereocenters. The van der Waals surface area contributed by atoms with E-state index in [1.165, 1.54) is 14.0 Å². The van der Waals surface area contributed by atoms with E-state index in [2.05, 4.69) is 4.74 Å². The molecule has 0 fully saturated rings. The van der Waals surface area contributed by atoms with Crippen LogP contribution in [0.1, 0.15) is 13.3 Å². The summed E-state index contributed by atoms with van der Waals surface area (Å²) in [4.78, 5) is 10.8. The third-order valence-electron chi connectivity index (χ3n) is 1.70. The van der Waals surface area contributed by atoms with Gasteiger partial charge in [-0.2, -0.15) is 0 Å². The number of cyclic esters (lactones) is 1. The maximum atomic E-state index is 10.8. The van der Waals surface area contributed by atoms with Crippen molar-refractivity contribution in [2.75, 3.05) is 7.11 Å². The predicted molar refractivity (Wildman–Crippen MR) is 42.4 cm³/mol. The molecule has 1 heterocycles. The standard InChI is InChI=1S/C8H12O5/c1-5(9)4-8(11)6(12-2)3-7(10)13-8/h3,5,9,11H,4H2,1-2H3. The number of carbonyl (C=O) groups excluding carboxylic acids is 1. The smallest absolute Gasteiger partial charge is 0.337 e. The van der Waals surface area contributed by atoms with Gasteiger partial charge in [-0.1, -0.05) is 0 Å². The second-order valence-electron chi connectivity index (χ2n) is 2.97. The van der Waals surface area contributed by atoms with Gasteiger partial charge in [0, 0.05) is 6.42 Å². The lowest BCUT2D eigenvalue weighted by Crippen LogP contribution is -2.35. The van der Waals surface area contributed by atoms with Crippen LogP contribution in [0.2, 0.25) is 0 Å². The van der Waals surface area contributed by atoms with E-state index in [9.17, 15) is 9.90 Å². The number of hydrogen-bond acceptors (Lipinski definition) is 5. The van der Waals surface area contributed by atoms with Crippen LogP contribution in [0.15, 0.2) is 11.8 Å². The summed E-state index contributed by atoms with van der Waals surface area (Å²) in [6.45, 7) is 1.48. The predicted octanol–water partition coefficient (Wildman–Crippen LogP) is -0.467. The Labute approximate surface area is 75.6 Å². The molecule has 0 saturated carbocycles. The monoisotopic (exact) mass is 188 g/mol. The van der Waals surface area contributed by atoms with Gasteiger partial charge in [0.25, 0.3) is 5.79 Å². The Kier molecular flexibility index (Phi) is 2.58. The molecule has 5 nitrogen and oxygen atoms in total. The normalized spacial score (nSPS) is 29.5. The van der Waals surface area contributed by atoms with Gasteiger partial charge in [-0.05, 0) is 6.92 Å². The van der Waals surface area contributed by atoms with Crippen LogP contribution in [0, 0.1) is 0 Å². The van der Waals surface area contributed by atoms with E-state index in [1.807, 2.05) is 0 Å². The van der Waals surface area contributed by atoms with Crippen molar-refractivity contribution in [2.24, 2.45) is 0 Å². The van der Waals surface area contributed by atoms with Crippen LogP contribution in [-0.4, -0.2) is 35.2 Å². The molecule has 0 spiro atoms. The van der Waals surface area contributed by atoms with Crippen molar-refractivity contribution in [3.63, 3.8) is 0 Å². The number of ether oxygens (including phenoxy) is 2. The topological polar surface area (TPSA) is 76.0 Å². The van der Waals surface area contributed by atoms with Crippen molar-refractivity contribution < 1.29 is 24.5 Å². The first-order valence-corrected chi connectivity index (χ1v) is 3.87. The van der Waals surface area contributed by atoms with Gasteiger partial charge >= 0.3 is 5.97 Å². The van der Waals surface area contributed by atoms with E-state index in [0.717, 1.165) is 6.08 Å². The largest absolute Gasteiger partial charge is 0.494 e. The summed E-state index contributed by atoms with van der Waals surface area (Å²) in [7, 11) is 1.32. The zero-order valence-electron chi connectivity index (χ0n) is 7.48. The lowest BCUT2D eigenvalue weighted by molar-refractivity contribution is -0.199. The van der Waals surface area contributed by atoms with Crippen molar-refractivity contribution in [1.29, 1.82) is 0 Å². The fraction of sp³-hybridized carbons (Fsp3) is 0.625. The Balaban J connectivity index is 2.79. The van der Waals surface area contributed by atoms with Crippen molar-refractivity contribution in [2.45, 2.75) is 25.2 Å². The average Bonchev–Trinajstić information content (AvgIpc) is 2.23. The number of esters is 1. The number of methoxy groups -OCH3 is 1. The first-order valence-electron chi connectivity index (χ1n) is 3.87. The Morgan fingerprint density at radius 1 is 1.77 bits per heavy atom. The Hall–Kier alpha value is -1.07. The molecule has 2 N–H and O–H groups in total. The van der Waals surface area contributed by atoms with Crippen molar-refractivity contribution in [3.05, 3.63) is 11.8 Å². The summed E-state index contributed by atoms with van der Waals surface area (Å²) in [6, 6.07) is 0. The minimum Gasteiger partial charge on any atom is -0.494 e. The minimum absolute atomic E-state index is 0.0263. The third kappa shape index (κ3) is 1.99. The first kappa shape index (κ1) is 10.0. The van der Waals surface area contributed by atoms with Crippen LogP contribution in [0.25, 0.3) is 0 Å². The maximum absolute atomic E-state index is 10.8. The van der Waals surface area contributed by atoms with E-state index in [1.54, 1.807) is 0 Å². The molecule has 74 valence electrons. The summed E-state index contributed by atoms with van der Waals surface area (Å²) < 4.78 is 9.35. The van der Waals surface area contributed by atoms with Crippen LogP contribution in [0.4, 0.5) is 0 Å². The van der Waals surface area contributed by atoms with Gasteiger partial charge in [-0.25, -0.2) is 4.79 Å². The number of rotatable bonds is 3. The summed E-state index contributed by atoms with van der Waals surface area (Å²) in [6.07, 6.45) is 0.176. The minimum atomic E-state index is -1.81. The molecular formula is C8H12O5. The molecule has 0 saturated heterocycles. The number of aliphatic hydroxyl groups excluding tert-OH is 1. The van der Waals surface area contributed by atoms with Crippen molar-refractivity contribution in [1.82, 2.24) is 0 Å². The molecule has 1 rings (SSSR count). The molecule has 0 amide bonds. The zero-order valence-corrected chi connectivity index (χ0v) is 7.48. The van der Waals surface area contributed by atoms with Crippen molar-refractivity contribution >= 4 is 5.97 Å². The number of aliphatic hydroxyl groups is 2. The highest BCUT2D eigenvalue weighted by atomic mass is 16.7. The summed E-state index contributed by atoms with van der Waals surface area (Å²) >= 11 is 0. The van der Waals surface area contributed by atoms with Crippen LogP contribution in [0.3, 0.4) is 0 Å². The molecule has 0 aromatic rings. The SMILES string of the molecule is COC1=CC(=O)OC1(O)CC(C)O. The fourth-order valence-corrected chi connectivity index (χ4v) is 1.23. The quantitative estimate of drug-likeness (QED) is 0.586. The van der Waals surface area contributed by atoms with E-state index >= 15 is 0 Å². The Bertz CT molecular complexity index is 245. The van der Waals surface area contributed by atoms with Crippen LogP contribution >= 0.6 is 0 Å². The van der Waals surface area contributed by atoms with Crippen molar-refractivity contribution in [3.8, 4) is 0 Å². The second kappa shape index (κ2) is 3.35. The molecule has 5 heteroatoms. The third-order valence-corrected chi connectivity index (χ3v) is 1.70. The molecule has 0 aromatic heterocycles. The Morgan fingerprint density at radius 3 is 2.85 bits per heavy atom.